The molecule has 0 aromatic heterocycles. The van der Waals surface area contributed by atoms with E-state index < -0.39 is 0 Å². The van der Waals surface area contributed by atoms with Crippen LogP contribution in [0.15, 0.2) is 53.7 Å². The molecule has 4 rings (SSSR count). The summed E-state index contributed by atoms with van der Waals surface area (Å²) in [4.78, 5) is 17.5. The predicted octanol–water partition coefficient (Wildman–Crippen LogP) is 3.43. The first kappa shape index (κ1) is 14.0. The summed E-state index contributed by atoms with van der Waals surface area (Å²) in [5.74, 6) is -0.0925. The summed E-state index contributed by atoms with van der Waals surface area (Å²) >= 11 is 0. The predicted molar refractivity (Wildman–Crippen MR) is 86.4 cm³/mol. The van der Waals surface area contributed by atoms with Crippen LogP contribution in [0.25, 0.3) is 0 Å². The van der Waals surface area contributed by atoms with Gasteiger partial charge in [-0.25, -0.2) is 4.79 Å². The van der Waals surface area contributed by atoms with Crippen molar-refractivity contribution in [1.29, 1.82) is 0 Å². The summed E-state index contributed by atoms with van der Waals surface area (Å²) in [6, 6.07) is 15.8. The van der Waals surface area contributed by atoms with Gasteiger partial charge in [0.05, 0.1) is 24.3 Å². The summed E-state index contributed by atoms with van der Waals surface area (Å²) in [6.45, 7) is 2.07. The number of benzene rings is 2. The molecule has 0 bridgehead atoms. The molecular formula is C19H17NO3. The molecule has 1 saturated carbocycles. The van der Waals surface area contributed by atoms with Gasteiger partial charge in [0.1, 0.15) is 0 Å². The van der Waals surface area contributed by atoms with Crippen LogP contribution >= 0.6 is 0 Å². The maximum absolute atomic E-state index is 11.7. The highest BCUT2D eigenvalue weighted by Crippen LogP contribution is 2.60. The number of methoxy groups -OCH3 is 1. The molecule has 4 heteroatoms. The molecule has 23 heavy (non-hydrogen) atoms. The van der Waals surface area contributed by atoms with Crippen molar-refractivity contribution >= 4 is 11.7 Å². The Morgan fingerprint density at radius 2 is 2.04 bits per heavy atom. The SMILES string of the molecule is COC(=O)c1cccc(C2=NOC3(c4ccc(C)cc4)CC23)c1. The van der Waals surface area contributed by atoms with E-state index in [9.17, 15) is 4.79 Å². The number of carbonyl (C=O) groups is 1. The first-order chi connectivity index (χ1) is 11.1. The third kappa shape index (κ3) is 2.13. The fraction of sp³-hybridized carbons (Fsp3) is 0.263. The average Bonchev–Trinajstić information content (AvgIpc) is 3.20. The molecule has 2 atom stereocenters. The molecule has 1 aliphatic carbocycles. The quantitative estimate of drug-likeness (QED) is 0.816. The molecule has 0 saturated heterocycles. The summed E-state index contributed by atoms with van der Waals surface area (Å²) < 4.78 is 4.78. The largest absolute Gasteiger partial charge is 0.465 e. The van der Waals surface area contributed by atoms with E-state index in [1.165, 1.54) is 12.7 Å². The van der Waals surface area contributed by atoms with Gasteiger partial charge in [-0.05, 0) is 24.6 Å². The Morgan fingerprint density at radius 3 is 2.74 bits per heavy atom. The van der Waals surface area contributed by atoms with Gasteiger partial charge in [-0.15, -0.1) is 0 Å². The van der Waals surface area contributed by atoms with Crippen LogP contribution in [0, 0.1) is 12.8 Å². The van der Waals surface area contributed by atoms with E-state index in [-0.39, 0.29) is 17.5 Å². The molecule has 0 spiro atoms. The summed E-state index contributed by atoms with van der Waals surface area (Å²) in [5.41, 5.74) is 4.44. The lowest BCUT2D eigenvalue weighted by Gasteiger charge is -2.11. The number of oxime groups is 1. The van der Waals surface area contributed by atoms with Gasteiger partial charge in [0, 0.05) is 12.0 Å². The third-order valence-electron chi connectivity index (χ3n) is 4.67. The fourth-order valence-electron chi connectivity index (χ4n) is 3.24. The van der Waals surface area contributed by atoms with Gasteiger partial charge in [0.25, 0.3) is 0 Å². The Morgan fingerprint density at radius 1 is 1.26 bits per heavy atom. The zero-order chi connectivity index (χ0) is 16.0. The molecule has 2 aliphatic rings. The molecule has 2 unspecified atom stereocenters. The second-order valence-electron chi connectivity index (χ2n) is 6.15. The maximum atomic E-state index is 11.7. The smallest absolute Gasteiger partial charge is 0.337 e. The van der Waals surface area contributed by atoms with Crippen molar-refractivity contribution in [2.24, 2.45) is 11.1 Å². The van der Waals surface area contributed by atoms with Crippen molar-refractivity contribution in [1.82, 2.24) is 0 Å². The van der Waals surface area contributed by atoms with E-state index in [0.29, 0.717) is 5.56 Å². The van der Waals surface area contributed by atoms with E-state index in [4.69, 9.17) is 9.57 Å². The zero-order valence-electron chi connectivity index (χ0n) is 13.1. The molecule has 1 aliphatic heterocycles. The zero-order valence-corrected chi connectivity index (χ0v) is 13.1. The Bertz CT molecular complexity index is 810. The van der Waals surface area contributed by atoms with Crippen molar-refractivity contribution in [3.8, 4) is 0 Å². The van der Waals surface area contributed by atoms with Crippen molar-refractivity contribution < 1.29 is 14.4 Å². The molecule has 2 aromatic carbocycles. The minimum atomic E-state index is -0.341. The van der Waals surface area contributed by atoms with Gasteiger partial charge in [-0.3, -0.25) is 0 Å². The minimum Gasteiger partial charge on any atom is -0.465 e. The number of rotatable bonds is 3. The maximum Gasteiger partial charge on any atom is 0.337 e. The molecular weight excluding hydrogens is 290 g/mol. The Kier molecular flexibility index (Phi) is 3.01. The topological polar surface area (TPSA) is 47.9 Å². The lowest BCUT2D eigenvalue weighted by atomic mass is 9.98. The van der Waals surface area contributed by atoms with Gasteiger partial charge in [0.15, 0.2) is 5.60 Å². The molecule has 116 valence electrons. The monoisotopic (exact) mass is 307 g/mol. The molecule has 0 amide bonds. The number of carbonyl (C=O) groups excluding carboxylic acids is 1. The number of ether oxygens (including phenoxy) is 1. The van der Waals surface area contributed by atoms with Crippen LogP contribution in [0.3, 0.4) is 0 Å². The fourth-order valence-corrected chi connectivity index (χ4v) is 3.24. The number of aryl methyl sites for hydroxylation is 1. The van der Waals surface area contributed by atoms with E-state index in [0.717, 1.165) is 23.3 Å². The van der Waals surface area contributed by atoms with Crippen LogP contribution in [-0.2, 0) is 15.2 Å². The van der Waals surface area contributed by atoms with E-state index in [1.807, 2.05) is 18.2 Å². The lowest BCUT2D eigenvalue weighted by Crippen LogP contribution is -2.10. The molecule has 2 aromatic rings. The van der Waals surface area contributed by atoms with Crippen molar-refractivity contribution in [3.05, 3.63) is 70.8 Å². The van der Waals surface area contributed by atoms with Gasteiger partial charge >= 0.3 is 5.97 Å². The number of esters is 1. The first-order valence-electron chi connectivity index (χ1n) is 7.66. The van der Waals surface area contributed by atoms with E-state index in [1.54, 1.807) is 6.07 Å². The lowest BCUT2D eigenvalue weighted by molar-refractivity contribution is 0.0449. The van der Waals surface area contributed by atoms with Gasteiger partial charge in [-0.2, -0.15) is 0 Å². The Balaban J connectivity index is 1.62. The average molecular weight is 307 g/mol. The van der Waals surface area contributed by atoms with Crippen molar-refractivity contribution in [2.75, 3.05) is 7.11 Å². The van der Waals surface area contributed by atoms with E-state index in [2.05, 4.69) is 36.3 Å². The van der Waals surface area contributed by atoms with Crippen molar-refractivity contribution in [3.63, 3.8) is 0 Å². The molecule has 0 N–H and O–H groups in total. The van der Waals surface area contributed by atoms with Gasteiger partial charge in [0.2, 0.25) is 0 Å². The van der Waals surface area contributed by atoms with Crippen LogP contribution in [0.5, 0.6) is 0 Å². The molecule has 4 nitrogen and oxygen atoms in total. The van der Waals surface area contributed by atoms with Crippen LogP contribution in [0.1, 0.15) is 33.5 Å². The number of hydrogen-bond acceptors (Lipinski definition) is 4. The van der Waals surface area contributed by atoms with Crippen LogP contribution in [-0.4, -0.2) is 18.8 Å². The number of nitrogens with zero attached hydrogens (tertiary/aromatic N) is 1. The molecule has 1 heterocycles. The normalized spacial score (nSPS) is 24.4. The summed E-state index contributed by atoms with van der Waals surface area (Å²) in [6.07, 6.45) is 0.928. The van der Waals surface area contributed by atoms with E-state index >= 15 is 0 Å². The van der Waals surface area contributed by atoms with Crippen molar-refractivity contribution in [2.45, 2.75) is 18.9 Å². The molecule has 0 radical (unpaired) electrons. The highest BCUT2D eigenvalue weighted by Gasteiger charge is 2.65. The third-order valence-corrected chi connectivity index (χ3v) is 4.67. The highest BCUT2D eigenvalue weighted by molar-refractivity contribution is 6.07. The summed E-state index contributed by atoms with van der Waals surface area (Å²) in [5, 5.41) is 4.30. The summed E-state index contributed by atoms with van der Waals surface area (Å²) in [7, 11) is 1.38. The van der Waals surface area contributed by atoms with Crippen LogP contribution in [0.2, 0.25) is 0 Å². The standard InChI is InChI=1S/C19H17NO3/c1-12-6-8-15(9-7-12)19-11-16(19)17(20-23-19)13-4-3-5-14(10-13)18(21)22-2/h3-10,16H,11H2,1-2H3. The Labute approximate surface area is 134 Å². The van der Waals surface area contributed by atoms with Crippen LogP contribution in [0.4, 0.5) is 0 Å². The van der Waals surface area contributed by atoms with Gasteiger partial charge < -0.3 is 9.57 Å². The second-order valence-corrected chi connectivity index (χ2v) is 6.15. The number of hydrogen-bond donors (Lipinski definition) is 0. The first-order valence-corrected chi connectivity index (χ1v) is 7.66. The van der Waals surface area contributed by atoms with Gasteiger partial charge in [-0.1, -0.05) is 47.1 Å². The highest BCUT2D eigenvalue weighted by atomic mass is 16.7. The molecule has 1 fully saturated rings. The minimum absolute atomic E-state index is 0.248. The number of fused-ring (bicyclic) bond motifs is 1. The second kappa shape index (κ2) is 4.95. The van der Waals surface area contributed by atoms with Crippen LogP contribution < -0.4 is 0 Å². The Hall–Kier alpha value is -2.62.